The van der Waals surface area contributed by atoms with Crippen molar-refractivity contribution in [3.05, 3.63) is 66.2 Å². The van der Waals surface area contributed by atoms with E-state index in [9.17, 15) is 0 Å². The quantitative estimate of drug-likeness (QED) is 0.748. The standard InChI is InChI=1S/C21H26OSi/c1-15(2)17-11-13-18(14-12-17)23-20-10-8-7-9-19(20)16(3)22-21(4,5)6/h7-14,16H,1H2,2-6H3. The second kappa shape index (κ2) is 7.29. The van der Waals surface area contributed by atoms with Crippen LogP contribution in [0.15, 0.2) is 55.1 Å². The first-order valence-electron chi connectivity index (χ1n) is 8.06. The lowest BCUT2D eigenvalue weighted by molar-refractivity contribution is -0.0525. The summed E-state index contributed by atoms with van der Waals surface area (Å²) in [6.07, 6.45) is 0.0911. The molecule has 1 nitrogen and oxygen atoms in total. The zero-order valence-corrected chi connectivity index (χ0v) is 15.8. The van der Waals surface area contributed by atoms with Gasteiger partial charge in [-0.05, 0) is 45.7 Å². The highest BCUT2D eigenvalue weighted by molar-refractivity contribution is 6.67. The van der Waals surface area contributed by atoms with Gasteiger partial charge in [0.2, 0.25) is 0 Å². The fraction of sp³-hybridized carbons (Fsp3) is 0.333. The molecule has 1 unspecified atom stereocenters. The van der Waals surface area contributed by atoms with Crippen molar-refractivity contribution in [1.82, 2.24) is 0 Å². The number of ether oxygens (including phenoxy) is 1. The first-order valence-corrected chi connectivity index (χ1v) is 9.06. The average molecular weight is 323 g/mol. The molecule has 0 aromatic heterocycles. The van der Waals surface area contributed by atoms with Gasteiger partial charge in [-0.25, -0.2) is 0 Å². The molecule has 0 aliphatic rings. The van der Waals surface area contributed by atoms with Crippen LogP contribution in [-0.4, -0.2) is 15.1 Å². The maximum absolute atomic E-state index is 6.15. The molecule has 2 radical (unpaired) electrons. The Labute approximate surface area is 143 Å². The predicted octanol–water partition coefficient (Wildman–Crippen LogP) is 4.25. The van der Waals surface area contributed by atoms with Crippen molar-refractivity contribution in [2.24, 2.45) is 0 Å². The van der Waals surface area contributed by atoms with Crippen LogP contribution in [0.3, 0.4) is 0 Å². The Morgan fingerprint density at radius 1 is 1.04 bits per heavy atom. The van der Waals surface area contributed by atoms with E-state index in [-0.39, 0.29) is 11.7 Å². The number of hydrogen-bond acceptors (Lipinski definition) is 1. The minimum Gasteiger partial charge on any atom is -0.368 e. The van der Waals surface area contributed by atoms with Crippen LogP contribution in [0.4, 0.5) is 0 Å². The van der Waals surface area contributed by atoms with E-state index >= 15 is 0 Å². The molecule has 1 atom stereocenters. The molecular formula is C21H26OSi. The molecule has 0 saturated carbocycles. The normalized spacial score (nSPS) is 12.9. The third-order valence-corrected chi connectivity index (χ3v) is 4.93. The van der Waals surface area contributed by atoms with Gasteiger partial charge in [0.05, 0.1) is 11.7 Å². The van der Waals surface area contributed by atoms with Crippen molar-refractivity contribution in [2.45, 2.75) is 46.3 Å². The van der Waals surface area contributed by atoms with E-state index in [1.165, 1.54) is 21.5 Å². The molecule has 0 saturated heterocycles. The number of allylic oxidation sites excluding steroid dienone is 1. The lowest BCUT2D eigenvalue weighted by atomic mass is 10.1. The average Bonchev–Trinajstić information content (AvgIpc) is 2.46. The van der Waals surface area contributed by atoms with Crippen molar-refractivity contribution in [1.29, 1.82) is 0 Å². The summed E-state index contributed by atoms with van der Waals surface area (Å²) in [6, 6.07) is 17.3. The van der Waals surface area contributed by atoms with Crippen molar-refractivity contribution in [3.8, 4) is 0 Å². The van der Waals surface area contributed by atoms with E-state index < -0.39 is 0 Å². The molecule has 0 amide bonds. The van der Waals surface area contributed by atoms with Crippen LogP contribution in [0.25, 0.3) is 5.57 Å². The van der Waals surface area contributed by atoms with Gasteiger partial charge in [0, 0.05) is 0 Å². The zero-order chi connectivity index (χ0) is 17.0. The first kappa shape index (κ1) is 17.7. The van der Waals surface area contributed by atoms with E-state index in [0.717, 1.165) is 5.57 Å². The second-order valence-electron chi connectivity index (χ2n) is 6.94. The van der Waals surface area contributed by atoms with E-state index in [0.29, 0.717) is 9.52 Å². The summed E-state index contributed by atoms with van der Waals surface area (Å²) in [4.78, 5) is 0. The summed E-state index contributed by atoms with van der Waals surface area (Å²) in [5.41, 5.74) is 3.45. The van der Waals surface area contributed by atoms with Crippen LogP contribution in [0, 0.1) is 0 Å². The smallest absolute Gasteiger partial charge is 0.122 e. The maximum Gasteiger partial charge on any atom is 0.122 e. The van der Waals surface area contributed by atoms with Gasteiger partial charge in [-0.3, -0.25) is 0 Å². The molecule has 2 heteroatoms. The number of benzene rings is 2. The third kappa shape index (κ3) is 5.19. The Morgan fingerprint density at radius 3 is 2.22 bits per heavy atom. The lowest BCUT2D eigenvalue weighted by Crippen LogP contribution is -2.32. The summed E-state index contributed by atoms with van der Waals surface area (Å²) in [7, 11) is 0.635. The zero-order valence-electron chi connectivity index (χ0n) is 14.8. The molecular weight excluding hydrogens is 296 g/mol. The predicted molar refractivity (Wildman–Crippen MR) is 102 cm³/mol. The molecule has 120 valence electrons. The SMILES string of the molecule is C=C(C)c1ccc([Si]c2ccccc2C(C)OC(C)(C)C)cc1. The van der Waals surface area contributed by atoms with Gasteiger partial charge in [0.15, 0.2) is 0 Å². The van der Waals surface area contributed by atoms with E-state index in [1.54, 1.807) is 0 Å². The van der Waals surface area contributed by atoms with Gasteiger partial charge in [-0.1, -0.05) is 71.1 Å². The molecule has 0 spiro atoms. The minimum atomic E-state index is -0.140. The molecule has 0 aliphatic carbocycles. The molecule has 0 aliphatic heterocycles. The molecule has 0 bridgehead atoms. The number of rotatable bonds is 5. The molecule has 2 aromatic carbocycles. The Bertz CT molecular complexity index is 665. The van der Waals surface area contributed by atoms with Gasteiger partial charge in [0.1, 0.15) is 9.52 Å². The van der Waals surface area contributed by atoms with E-state index in [1.807, 2.05) is 6.92 Å². The Balaban J connectivity index is 2.21. The van der Waals surface area contributed by atoms with Crippen LogP contribution in [0.1, 0.15) is 51.8 Å². The van der Waals surface area contributed by atoms with Gasteiger partial charge < -0.3 is 4.74 Å². The van der Waals surface area contributed by atoms with Crippen LogP contribution in [0.5, 0.6) is 0 Å². The highest BCUT2D eigenvalue weighted by Crippen LogP contribution is 2.22. The molecule has 0 heterocycles. The molecule has 2 aromatic rings. The van der Waals surface area contributed by atoms with E-state index in [4.69, 9.17) is 4.74 Å². The third-order valence-electron chi connectivity index (χ3n) is 3.59. The van der Waals surface area contributed by atoms with Crippen LogP contribution in [0.2, 0.25) is 0 Å². The van der Waals surface area contributed by atoms with Crippen molar-refractivity contribution in [2.75, 3.05) is 0 Å². The fourth-order valence-corrected chi connectivity index (χ4v) is 3.81. The topological polar surface area (TPSA) is 9.23 Å². The Morgan fingerprint density at radius 2 is 1.65 bits per heavy atom. The molecule has 0 fully saturated rings. The van der Waals surface area contributed by atoms with Crippen LogP contribution >= 0.6 is 0 Å². The van der Waals surface area contributed by atoms with Crippen molar-refractivity contribution >= 4 is 25.5 Å². The summed E-state index contributed by atoms with van der Waals surface area (Å²) in [5.74, 6) is 0. The summed E-state index contributed by atoms with van der Waals surface area (Å²) < 4.78 is 6.15. The molecule has 0 N–H and O–H groups in total. The van der Waals surface area contributed by atoms with Crippen molar-refractivity contribution < 1.29 is 4.74 Å². The lowest BCUT2D eigenvalue weighted by Gasteiger charge is -2.26. The maximum atomic E-state index is 6.15. The largest absolute Gasteiger partial charge is 0.368 e. The Kier molecular flexibility index (Phi) is 5.61. The second-order valence-corrected chi connectivity index (χ2v) is 8.31. The summed E-state index contributed by atoms with van der Waals surface area (Å²) >= 11 is 0. The van der Waals surface area contributed by atoms with Crippen LogP contribution in [-0.2, 0) is 4.74 Å². The molecule has 2 rings (SSSR count). The van der Waals surface area contributed by atoms with Gasteiger partial charge in [-0.15, -0.1) is 0 Å². The molecule has 23 heavy (non-hydrogen) atoms. The first-order chi connectivity index (χ1) is 10.8. The highest BCUT2D eigenvalue weighted by Gasteiger charge is 2.18. The monoisotopic (exact) mass is 322 g/mol. The van der Waals surface area contributed by atoms with Gasteiger partial charge in [0.25, 0.3) is 0 Å². The minimum absolute atomic E-state index is 0.0911. The van der Waals surface area contributed by atoms with E-state index in [2.05, 4.69) is 82.8 Å². The highest BCUT2D eigenvalue weighted by atomic mass is 28.2. The van der Waals surface area contributed by atoms with Crippen LogP contribution < -0.4 is 10.4 Å². The van der Waals surface area contributed by atoms with Gasteiger partial charge in [-0.2, -0.15) is 0 Å². The summed E-state index contributed by atoms with van der Waals surface area (Å²) in [5, 5.41) is 2.69. The van der Waals surface area contributed by atoms with Crippen molar-refractivity contribution in [3.63, 3.8) is 0 Å². The Hall–Kier alpha value is -1.64. The fourth-order valence-electron chi connectivity index (χ4n) is 2.55. The summed E-state index contributed by atoms with van der Waals surface area (Å²) in [6.45, 7) is 14.5. The van der Waals surface area contributed by atoms with Gasteiger partial charge >= 0.3 is 0 Å². The number of hydrogen-bond donors (Lipinski definition) is 0.